The van der Waals surface area contributed by atoms with Crippen molar-refractivity contribution in [3.8, 4) is 0 Å². The lowest BCUT2D eigenvalue weighted by Gasteiger charge is -2.23. The third-order valence-electron chi connectivity index (χ3n) is 1.03. The van der Waals surface area contributed by atoms with Gasteiger partial charge < -0.3 is 11.1 Å². The second kappa shape index (κ2) is 2.31. The molecule has 0 aromatic heterocycles. The minimum atomic E-state index is -0.763. The van der Waals surface area contributed by atoms with Crippen molar-refractivity contribution in [1.29, 1.82) is 0 Å². The Bertz CT molecular complexity index is 132. The highest BCUT2D eigenvalue weighted by Gasteiger charge is 1.94. The van der Waals surface area contributed by atoms with Gasteiger partial charge in [0.05, 0.1) is 5.88 Å². The molecule has 1 aliphatic heterocycles. The van der Waals surface area contributed by atoms with E-state index in [0.717, 1.165) is 6.54 Å². The normalized spacial score (nSPS) is 27.1. The Morgan fingerprint density at radius 1 is 2.00 bits per heavy atom. The van der Waals surface area contributed by atoms with Crippen LogP contribution >= 0.6 is 0 Å². The molecule has 3 heteroatoms. The molecule has 0 amide bonds. The van der Waals surface area contributed by atoms with Crippen LogP contribution in [0.5, 0.6) is 0 Å². The van der Waals surface area contributed by atoms with Gasteiger partial charge in [-0.15, -0.1) is 0 Å². The molecule has 1 atom stereocenters. The Labute approximate surface area is 51.6 Å². The maximum absolute atomic E-state index is 10.6. The predicted octanol–water partition coefficient (Wildman–Crippen LogP) is 0.302. The number of nitrogens with zero attached hydrogens (tertiary/aromatic N) is 1. The Balaban J connectivity index is 2.46. The zero-order valence-corrected chi connectivity index (χ0v) is 5.57. The van der Waals surface area contributed by atoms with Crippen LogP contribution in [0.2, 0.25) is 0 Å². The van der Waals surface area contributed by atoms with Gasteiger partial charge in [-0.05, 0) is 6.54 Å². The van der Waals surface area contributed by atoms with Crippen LogP contribution < -0.4 is 0 Å². The van der Waals surface area contributed by atoms with Crippen LogP contribution in [-0.2, 0) is 10.8 Å². The molecule has 0 aliphatic carbocycles. The summed E-state index contributed by atoms with van der Waals surface area (Å²) in [5.41, 5.74) is 0. The second-order valence-electron chi connectivity index (χ2n) is 1.61. The lowest BCUT2D eigenvalue weighted by Crippen LogP contribution is -2.14. The summed E-state index contributed by atoms with van der Waals surface area (Å²) in [5.74, 6) is 0.635. The Hall–Kier alpha value is -0.310. The van der Waals surface area contributed by atoms with Gasteiger partial charge in [0, 0.05) is 10.8 Å². The van der Waals surface area contributed by atoms with Crippen LogP contribution in [0.15, 0.2) is 5.41 Å². The molecule has 0 radical (unpaired) electrons. The first kappa shape index (κ1) is 5.82. The van der Waals surface area contributed by atoms with E-state index in [2.05, 4.69) is 6.20 Å². The molecule has 1 heterocycles. The fourth-order valence-corrected chi connectivity index (χ4v) is 1.45. The average molecular weight is 130 g/mol. The van der Waals surface area contributed by atoms with E-state index in [4.69, 9.17) is 0 Å². The van der Waals surface area contributed by atoms with E-state index in [1.54, 1.807) is 5.41 Å². The van der Waals surface area contributed by atoms with Crippen LogP contribution in [0, 0.1) is 6.20 Å². The molecule has 0 saturated carbocycles. The summed E-state index contributed by atoms with van der Waals surface area (Å²) < 4.78 is 10.6. The summed E-state index contributed by atoms with van der Waals surface area (Å²) >= 11 is 0. The van der Waals surface area contributed by atoms with Crippen LogP contribution in [0.1, 0.15) is 6.92 Å². The third kappa shape index (κ3) is 1.10. The van der Waals surface area contributed by atoms with Gasteiger partial charge in [-0.25, -0.2) is 0 Å². The summed E-state index contributed by atoms with van der Waals surface area (Å²) in [6.45, 7) is 2.92. The molecule has 0 N–H and O–H groups in total. The Morgan fingerprint density at radius 3 is 3.00 bits per heavy atom. The van der Waals surface area contributed by atoms with Crippen molar-refractivity contribution in [2.75, 3.05) is 12.4 Å². The van der Waals surface area contributed by atoms with Gasteiger partial charge in [0.15, 0.2) is 0 Å². The summed E-state index contributed by atoms with van der Waals surface area (Å²) in [4.78, 5) is 1.90. The fraction of sp³-hybridized carbons (Fsp3) is 0.600. The molecule has 0 spiro atoms. The average Bonchev–Trinajstić information content (AvgIpc) is 2.14. The molecule has 0 bridgehead atoms. The molecule has 2 nitrogen and oxygen atoms in total. The monoisotopic (exact) mass is 130 g/mol. The van der Waals surface area contributed by atoms with Crippen molar-refractivity contribution in [3.05, 3.63) is 11.6 Å². The highest BCUT2D eigenvalue weighted by atomic mass is 32.2. The number of hydrogen-bond donors (Lipinski definition) is 0. The van der Waals surface area contributed by atoms with Crippen molar-refractivity contribution < 1.29 is 4.21 Å². The largest absolute Gasteiger partial charge is 0.544 e. The van der Waals surface area contributed by atoms with E-state index < -0.39 is 10.8 Å². The van der Waals surface area contributed by atoms with Gasteiger partial charge in [0.2, 0.25) is 0 Å². The molecule has 0 saturated heterocycles. The first-order chi connectivity index (χ1) is 3.83. The lowest BCUT2D eigenvalue weighted by atomic mass is 10.7. The van der Waals surface area contributed by atoms with E-state index in [1.807, 2.05) is 11.8 Å². The third-order valence-corrected chi connectivity index (χ3v) is 1.97. The van der Waals surface area contributed by atoms with Crippen LogP contribution in [0.3, 0.4) is 0 Å². The van der Waals surface area contributed by atoms with E-state index in [1.165, 1.54) is 0 Å². The summed E-state index contributed by atoms with van der Waals surface area (Å²) in [7, 11) is -0.763. The van der Waals surface area contributed by atoms with Gasteiger partial charge in [0.25, 0.3) is 0 Å². The summed E-state index contributed by atoms with van der Waals surface area (Å²) in [5, 5.41) is 1.60. The Kier molecular flexibility index (Phi) is 1.68. The molecule has 46 valence electrons. The van der Waals surface area contributed by atoms with Gasteiger partial charge in [-0.2, -0.15) is 5.41 Å². The smallest absolute Gasteiger partial charge is 0.0648 e. The minimum Gasteiger partial charge on any atom is -0.544 e. The van der Waals surface area contributed by atoms with E-state index >= 15 is 0 Å². The topological polar surface area (TPSA) is 20.3 Å². The predicted molar refractivity (Wildman–Crippen MR) is 33.2 cm³/mol. The highest BCUT2D eigenvalue weighted by molar-refractivity contribution is 7.88. The van der Waals surface area contributed by atoms with Crippen molar-refractivity contribution in [1.82, 2.24) is 4.90 Å². The summed E-state index contributed by atoms with van der Waals surface area (Å²) in [6, 6.07) is 0. The Morgan fingerprint density at radius 2 is 2.75 bits per heavy atom. The van der Waals surface area contributed by atoms with Crippen molar-refractivity contribution in [2.45, 2.75) is 6.92 Å². The molecule has 1 unspecified atom stereocenters. The highest BCUT2D eigenvalue weighted by Crippen LogP contribution is 2.01. The zero-order valence-electron chi connectivity index (χ0n) is 4.76. The molecule has 1 rings (SSSR count). The number of hydrogen-bond acceptors (Lipinski definition) is 2. The fourth-order valence-electron chi connectivity index (χ4n) is 0.544. The van der Waals surface area contributed by atoms with Crippen LogP contribution in [-0.4, -0.2) is 21.5 Å². The molecule has 8 heavy (non-hydrogen) atoms. The SMILES string of the molecule is CCN1[C-]=CS(=O)C1. The maximum Gasteiger partial charge on any atom is 0.0648 e. The van der Waals surface area contributed by atoms with E-state index in [0.29, 0.717) is 5.88 Å². The van der Waals surface area contributed by atoms with Crippen molar-refractivity contribution in [2.24, 2.45) is 0 Å². The first-order valence-corrected chi connectivity index (χ1v) is 3.92. The zero-order chi connectivity index (χ0) is 5.98. The molecular weight excluding hydrogens is 122 g/mol. The minimum absolute atomic E-state index is 0.635. The van der Waals surface area contributed by atoms with Gasteiger partial charge >= 0.3 is 0 Å². The van der Waals surface area contributed by atoms with E-state index in [9.17, 15) is 4.21 Å². The van der Waals surface area contributed by atoms with Gasteiger partial charge in [0.1, 0.15) is 0 Å². The van der Waals surface area contributed by atoms with Gasteiger partial charge in [-0.3, -0.25) is 4.21 Å². The quantitative estimate of drug-likeness (QED) is 0.476. The standard InChI is InChI=1S/C5H8NOS/c1-2-6-3-4-8(7)5-6/h4H,2,5H2,1H3/q-1. The molecular formula is C5H8NOS-. The van der Waals surface area contributed by atoms with E-state index in [-0.39, 0.29) is 0 Å². The van der Waals surface area contributed by atoms with Gasteiger partial charge in [-0.1, -0.05) is 6.92 Å². The maximum atomic E-state index is 10.6. The van der Waals surface area contributed by atoms with Crippen molar-refractivity contribution in [3.63, 3.8) is 0 Å². The molecule has 0 aromatic carbocycles. The molecule has 0 fully saturated rings. The summed E-state index contributed by atoms with van der Waals surface area (Å²) in [6.07, 6.45) is 2.86. The van der Waals surface area contributed by atoms with Crippen molar-refractivity contribution >= 4 is 10.8 Å². The van der Waals surface area contributed by atoms with Crippen LogP contribution in [0.25, 0.3) is 0 Å². The second-order valence-corrected chi connectivity index (χ2v) is 2.87. The lowest BCUT2D eigenvalue weighted by molar-refractivity contribution is 0.450. The molecule has 0 aromatic rings. The number of rotatable bonds is 1. The first-order valence-electron chi connectivity index (χ1n) is 2.54. The van der Waals surface area contributed by atoms with Crippen LogP contribution in [0.4, 0.5) is 0 Å². The molecule has 1 aliphatic rings.